The summed E-state index contributed by atoms with van der Waals surface area (Å²) < 4.78 is 21.0. The lowest BCUT2D eigenvalue weighted by molar-refractivity contribution is -0.141. The van der Waals surface area contributed by atoms with Gasteiger partial charge in [-0.25, -0.2) is 9.59 Å². The molecule has 1 aliphatic heterocycles. The summed E-state index contributed by atoms with van der Waals surface area (Å²) in [5.41, 5.74) is 0.673. The molecule has 10 nitrogen and oxygen atoms in total. The first-order valence-corrected chi connectivity index (χ1v) is 12.7. The van der Waals surface area contributed by atoms with Gasteiger partial charge in [-0.15, -0.1) is 11.3 Å². The van der Waals surface area contributed by atoms with E-state index in [1.165, 1.54) is 12.0 Å². The predicted octanol–water partition coefficient (Wildman–Crippen LogP) is 4.21. The Kier molecular flexibility index (Phi) is 10.2. The maximum atomic E-state index is 12.9. The number of amides is 3. The molecule has 0 saturated heterocycles. The number of unbranched alkanes of at least 4 members (excludes halogenated alkanes) is 1. The fourth-order valence-corrected chi connectivity index (χ4v) is 4.41. The topological polar surface area (TPSA) is 115 Å². The lowest BCUT2D eigenvalue weighted by atomic mass is 10.0. The minimum atomic E-state index is -0.654. The van der Waals surface area contributed by atoms with Gasteiger partial charge in [-0.05, 0) is 35.6 Å². The van der Waals surface area contributed by atoms with Crippen molar-refractivity contribution in [2.45, 2.75) is 51.2 Å². The van der Waals surface area contributed by atoms with Crippen molar-refractivity contribution in [2.75, 3.05) is 27.6 Å². The van der Waals surface area contributed by atoms with Crippen LogP contribution in [0.4, 0.5) is 9.59 Å². The van der Waals surface area contributed by atoms with E-state index in [1.807, 2.05) is 24.4 Å². The van der Waals surface area contributed by atoms with Crippen LogP contribution < -0.4 is 20.1 Å². The molecule has 0 bridgehead atoms. The summed E-state index contributed by atoms with van der Waals surface area (Å²) in [4.78, 5) is 39.9. The Morgan fingerprint density at radius 3 is 2.69 bits per heavy atom. The van der Waals surface area contributed by atoms with E-state index in [0.717, 1.165) is 17.7 Å². The highest BCUT2D eigenvalue weighted by Gasteiger charge is 2.24. The summed E-state index contributed by atoms with van der Waals surface area (Å²) >= 11 is 1.57. The van der Waals surface area contributed by atoms with Crippen LogP contribution >= 0.6 is 11.3 Å². The Balaban J connectivity index is 1.59. The number of benzene rings is 1. The number of fused-ring (bicyclic) bond motifs is 1. The molecule has 11 heteroatoms. The maximum absolute atomic E-state index is 12.9. The Morgan fingerprint density at radius 1 is 1.17 bits per heavy atom. The van der Waals surface area contributed by atoms with E-state index in [1.54, 1.807) is 36.6 Å². The Hall–Kier alpha value is -3.47. The standard InChI is InChI=1S/C25H33N3O7S/c1-4-5-7-18(15-33-25(31)28(2)14-19-8-6-11-36-19)26-24(30)27-20(13-23(29)32-3)17-9-10-21-22(12-17)35-16-34-21/h6,8-12,18,20H,4-5,7,13-16H2,1-3H3,(H2,26,27,30)/t18-,20-/m0/s1. The first-order chi connectivity index (χ1) is 17.4. The maximum Gasteiger partial charge on any atom is 0.409 e. The van der Waals surface area contributed by atoms with Crippen molar-refractivity contribution >= 4 is 29.4 Å². The van der Waals surface area contributed by atoms with Crippen LogP contribution in [0.1, 0.15) is 49.1 Å². The molecule has 2 heterocycles. The van der Waals surface area contributed by atoms with Gasteiger partial charge in [0.2, 0.25) is 6.79 Å². The lowest BCUT2D eigenvalue weighted by Crippen LogP contribution is -2.46. The van der Waals surface area contributed by atoms with Crippen LogP contribution in [0.5, 0.6) is 11.5 Å². The number of urea groups is 1. The van der Waals surface area contributed by atoms with Crippen molar-refractivity contribution in [2.24, 2.45) is 0 Å². The monoisotopic (exact) mass is 519 g/mol. The number of hydrogen-bond donors (Lipinski definition) is 2. The molecule has 0 spiro atoms. The second-order valence-electron chi connectivity index (χ2n) is 8.41. The fraction of sp³-hybridized carbons (Fsp3) is 0.480. The fourth-order valence-electron chi connectivity index (χ4n) is 3.65. The van der Waals surface area contributed by atoms with Crippen molar-refractivity contribution < 1.29 is 33.3 Å². The van der Waals surface area contributed by atoms with Crippen LogP contribution in [0.25, 0.3) is 0 Å². The molecule has 196 valence electrons. The highest BCUT2D eigenvalue weighted by Crippen LogP contribution is 2.34. The number of esters is 1. The van der Waals surface area contributed by atoms with Crippen LogP contribution in [0.15, 0.2) is 35.7 Å². The Labute approximate surface area is 214 Å². The number of nitrogens with zero attached hydrogens (tertiary/aromatic N) is 1. The number of ether oxygens (including phenoxy) is 4. The van der Waals surface area contributed by atoms with Crippen molar-refractivity contribution in [1.29, 1.82) is 0 Å². The second kappa shape index (κ2) is 13.6. The van der Waals surface area contributed by atoms with Crippen molar-refractivity contribution in [3.63, 3.8) is 0 Å². The van der Waals surface area contributed by atoms with E-state index in [2.05, 4.69) is 10.6 Å². The van der Waals surface area contributed by atoms with Gasteiger partial charge in [-0.1, -0.05) is 31.9 Å². The number of methoxy groups -OCH3 is 1. The summed E-state index contributed by atoms with van der Waals surface area (Å²) in [5.74, 6) is 0.678. The van der Waals surface area contributed by atoms with Gasteiger partial charge in [-0.3, -0.25) is 4.79 Å². The Bertz CT molecular complexity index is 1020. The van der Waals surface area contributed by atoms with Crippen molar-refractivity contribution in [3.8, 4) is 11.5 Å². The molecule has 2 aromatic rings. The highest BCUT2D eigenvalue weighted by molar-refractivity contribution is 7.09. The molecule has 0 saturated carbocycles. The van der Waals surface area contributed by atoms with Crippen LogP contribution in [-0.4, -0.2) is 56.6 Å². The molecule has 0 aliphatic carbocycles. The van der Waals surface area contributed by atoms with E-state index >= 15 is 0 Å². The molecule has 2 atom stereocenters. The number of rotatable bonds is 12. The third-order valence-corrected chi connectivity index (χ3v) is 6.50. The summed E-state index contributed by atoms with van der Waals surface area (Å²) in [7, 11) is 2.97. The SMILES string of the molecule is CCCC[C@@H](COC(=O)N(C)Cc1cccs1)NC(=O)N[C@@H](CC(=O)OC)c1ccc2c(c1)OCO2. The van der Waals surface area contributed by atoms with Crippen LogP contribution in [0, 0.1) is 0 Å². The van der Waals surface area contributed by atoms with Gasteiger partial charge in [0.15, 0.2) is 11.5 Å². The number of thiophene rings is 1. The molecular weight excluding hydrogens is 486 g/mol. The third kappa shape index (κ3) is 8.04. The van der Waals surface area contributed by atoms with Crippen molar-refractivity contribution in [3.05, 3.63) is 46.2 Å². The third-order valence-electron chi connectivity index (χ3n) is 5.64. The van der Waals surface area contributed by atoms with Gasteiger partial charge in [0.25, 0.3) is 0 Å². The molecule has 1 aromatic carbocycles. The van der Waals surface area contributed by atoms with Crippen LogP contribution in [0.2, 0.25) is 0 Å². The molecule has 3 rings (SSSR count). The normalized spacial score (nSPS) is 13.4. The van der Waals surface area contributed by atoms with Gasteiger partial charge in [0, 0.05) is 11.9 Å². The zero-order valence-corrected chi connectivity index (χ0v) is 21.6. The van der Waals surface area contributed by atoms with E-state index in [9.17, 15) is 14.4 Å². The molecule has 36 heavy (non-hydrogen) atoms. The zero-order valence-electron chi connectivity index (χ0n) is 20.8. The average Bonchev–Trinajstić information content (AvgIpc) is 3.56. The minimum absolute atomic E-state index is 0.0345. The highest BCUT2D eigenvalue weighted by atomic mass is 32.1. The van der Waals surface area contributed by atoms with E-state index in [0.29, 0.717) is 30.0 Å². The van der Waals surface area contributed by atoms with Gasteiger partial charge in [-0.2, -0.15) is 0 Å². The molecule has 0 radical (unpaired) electrons. The minimum Gasteiger partial charge on any atom is -0.469 e. The molecule has 2 N–H and O–H groups in total. The molecule has 0 unspecified atom stereocenters. The summed E-state index contributed by atoms with van der Waals surface area (Å²) in [5, 5.41) is 7.68. The van der Waals surface area contributed by atoms with Crippen molar-refractivity contribution in [1.82, 2.24) is 15.5 Å². The predicted molar refractivity (Wildman–Crippen MR) is 134 cm³/mol. The number of nitrogens with one attached hydrogen (secondary N) is 2. The summed E-state index contributed by atoms with van der Waals surface area (Å²) in [6, 6.07) is 7.59. The van der Waals surface area contributed by atoms with E-state index in [4.69, 9.17) is 18.9 Å². The van der Waals surface area contributed by atoms with E-state index in [-0.39, 0.29) is 25.9 Å². The number of carbonyl (C=O) groups excluding carboxylic acids is 3. The largest absolute Gasteiger partial charge is 0.469 e. The van der Waals surface area contributed by atoms with Gasteiger partial charge >= 0.3 is 18.1 Å². The summed E-state index contributed by atoms with van der Waals surface area (Å²) in [6.45, 7) is 2.65. The van der Waals surface area contributed by atoms with Gasteiger partial charge < -0.3 is 34.5 Å². The zero-order chi connectivity index (χ0) is 25.9. The second-order valence-corrected chi connectivity index (χ2v) is 9.45. The number of carbonyl (C=O) groups is 3. The first kappa shape index (κ1) is 27.1. The van der Waals surface area contributed by atoms with Crippen LogP contribution in [-0.2, 0) is 20.8 Å². The smallest absolute Gasteiger partial charge is 0.409 e. The first-order valence-electron chi connectivity index (χ1n) is 11.8. The molecule has 1 aromatic heterocycles. The quantitative estimate of drug-likeness (QED) is 0.404. The summed E-state index contributed by atoms with van der Waals surface area (Å²) in [6.07, 6.45) is 1.88. The van der Waals surface area contributed by atoms with E-state index < -0.39 is 24.1 Å². The van der Waals surface area contributed by atoms with Crippen LogP contribution in [0.3, 0.4) is 0 Å². The Morgan fingerprint density at radius 2 is 1.97 bits per heavy atom. The molecular formula is C25H33N3O7S. The molecule has 0 fully saturated rings. The number of hydrogen-bond acceptors (Lipinski definition) is 8. The molecule has 3 amide bonds. The molecule has 1 aliphatic rings. The van der Waals surface area contributed by atoms with Gasteiger partial charge in [0.1, 0.15) is 6.61 Å². The average molecular weight is 520 g/mol. The lowest BCUT2D eigenvalue weighted by Gasteiger charge is -2.24. The van der Waals surface area contributed by atoms with Gasteiger partial charge in [0.05, 0.1) is 32.2 Å².